The summed E-state index contributed by atoms with van der Waals surface area (Å²) in [6.07, 6.45) is 0. The fourth-order valence-corrected chi connectivity index (χ4v) is 4.60. The van der Waals surface area contributed by atoms with Crippen LogP contribution in [0.3, 0.4) is 0 Å². The Hall–Kier alpha value is -1.80. The summed E-state index contributed by atoms with van der Waals surface area (Å²) in [5, 5.41) is 3.38. The molecule has 1 N–H and O–H groups in total. The van der Waals surface area contributed by atoms with E-state index in [-0.39, 0.29) is 15.5 Å². The Bertz CT molecular complexity index is 974. The standard InChI is InChI=1S/C19H23Cl2N3O3S/c1-5-24(6-2)28(26,27)14-8-10-18(23(3)4)17(12-14)22-19(25)15-11-13(20)7-9-16(15)21/h7-12H,5-6H2,1-4H3,(H,22,25). The van der Waals surface area contributed by atoms with Gasteiger partial charge in [-0.15, -0.1) is 0 Å². The third-order valence-corrected chi connectivity index (χ3v) is 6.82. The van der Waals surface area contributed by atoms with Crippen molar-refractivity contribution in [3.63, 3.8) is 0 Å². The average Bonchev–Trinajstić information content (AvgIpc) is 2.64. The minimum absolute atomic E-state index is 0.106. The van der Waals surface area contributed by atoms with Gasteiger partial charge in [-0.25, -0.2) is 8.42 Å². The molecule has 0 aliphatic rings. The predicted molar refractivity (Wildman–Crippen MR) is 115 cm³/mol. The monoisotopic (exact) mass is 443 g/mol. The molecule has 1 amide bonds. The number of nitrogens with zero attached hydrogens (tertiary/aromatic N) is 2. The van der Waals surface area contributed by atoms with Crippen LogP contribution in [0.4, 0.5) is 11.4 Å². The molecule has 0 saturated heterocycles. The number of nitrogens with one attached hydrogen (secondary N) is 1. The van der Waals surface area contributed by atoms with Gasteiger partial charge >= 0.3 is 0 Å². The van der Waals surface area contributed by atoms with E-state index in [1.54, 1.807) is 45.0 Å². The van der Waals surface area contributed by atoms with Gasteiger partial charge in [0.05, 0.1) is 26.9 Å². The molecule has 2 aromatic carbocycles. The van der Waals surface area contributed by atoms with E-state index in [2.05, 4.69) is 5.32 Å². The van der Waals surface area contributed by atoms with Crippen LogP contribution in [0.2, 0.25) is 10.0 Å². The van der Waals surface area contributed by atoms with E-state index in [0.717, 1.165) is 0 Å². The number of anilines is 2. The van der Waals surface area contributed by atoms with Crippen molar-refractivity contribution in [3.05, 3.63) is 52.0 Å². The summed E-state index contributed by atoms with van der Waals surface area (Å²) >= 11 is 12.1. The lowest BCUT2D eigenvalue weighted by molar-refractivity contribution is 0.102. The zero-order valence-corrected chi connectivity index (χ0v) is 18.5. The number of amides is 1. The highest BCUT2D eigenvalue weighted by atomic mass is 35.5. The topological polar surface area (TPSA) is 69.7 Å². The molecule has 9 heteroatoms. The van der Waals surface area contributed by atoms with E-state index < -0.39 is 15.9 Å². The Balaban J connectivity index is 2.50. The highest BCUT2D eigenvalue weighted by molar-refractivity contribution is 7.89. The smallest absolute Gasteiger partial charge is 0.257 e. The van der Waals surface area contributed by atoms with E-state index in [9.17, 15) is 13.2 Å². The molecule has 0 heterocycles. The molecule has 2 aromatic rings. The van der Waals surface area contributed by atoms with E-state index in [4.69, 9.17) is 23.2 Å². The normalized spacial score (nSPS) is 11.5. The first-order valence-corrected chi connectivity index (χ1v) is 10.9. The summed E-state index contributed by atoms with van der Waals surface area (Å²) in [4.78, 5) is 14.6. The van der Waals surface area contributed by atoms with Gasteiger partial charge in [0.1, 0.15) is 0 Å². The number of hydrogen-bond donors (Lipinski definition) is 1. The molecule has 0 saturated carbocycles. The van der Waals surface area contributed by atoms with E-state index in [0.29, 0.717) is 29.5 Å². The molecule has 0 aliphatic carbocycles. The molecule has 0 unspecified atom stereocenters. The minimum Gasteiger partial charge on any atom is -0.376 e. The lowest BCUT2D eigenvalue weighted by Crippen LogP contribution is -2.30. The highest BCUT2D eigenvalue weighted by Crippen LogP contribution is 2.30. The summed E-state index contributed by atoms with van der Waals surface area (Å²) < 4.78 is 27.0. The molecule has 0 aliphatic heterocycles. The molecule has 28 heavy (non-hydrogen) atoms. The molecular weight excluding hydrogens is 421 g/mol. The van der Waals surface area contributed by atoms with Gasteiger partial charge in [-0.05, 0) is 36.4 Å². The van der Waals surface area contributed by atoms with Crippen molar-refractivity contribution in [2.45, 2.75) is 18.7 Å². The van der Waals surface area contributed by atoms with Gasteiger partial charge in [-0.3, -0.25) is 4.79 Å². The fraction of sp³-hybridized carbons (Fsp3) is 0.316. The molecule has 0 aromatic heterocycles. The molecular formula is C19H23Cl2N3O3S. The SMILES string of the molecule is CCN(CC)S(=O)(=O)c1ccc(N(C)C)c(NC(=O)c2cc(Cl)ccc2Cl)c1. The number of hydrogen-bond acceptors (Lipinski definition) is 4. The van der Waals surface area contributed by atoms with Crippen molar-refractivity contribution in [3.8, 4) is 0 Å². The van der Waals surface area contributed by atoms with Gasteiger partial charge in [0, 0.05) is 32.2 Å². The van der Waals surface area contributed by atoms with Crippen molar-refractivity contribution in [2.24, 2.45) is 0 Å². The van der Waals surface area contributed by atoms with Crippen molar-refractivity contribution in [2.75, 3.05) is 37.4 Å². The largest absolute Gasteiger partial charge is 0.376 e. The van der Waals surface area contributed by atoms with E-state index in [1.165, 1.54) is 28.6 Å². The van der Waals surface area contributed by atoms with Crippen LogP contribution in [-0.4, -0.2) is 45.8 Å². The van der Waals surface area contributed by atoms with Crippen molar-refractivity contribution >= 4 is 50.5 Å². The molecule has 152 valence electrons. The second kappa shape index (κ2) is 9.13. The van der Waals surface area contributed by atoms with Gasteiger partial charge in [0.15, 0.2) is 0 Å². The Kier molecular flexibility index (Phi) is 7.33. The fourth-order valence-electron chi connectivity index (χ4n) is 2.74. The maximum atomic E-state index is 12.8. The molecule has 2 rings (SSSR count). The zero-order valence-electron chi connectivity index (χ0n) is 16.2. The second-order valence-corrected chi connectivity index (χ2v) is 9.02. The van der Waals surface area contributed by atoms with E-state index in [1.807, 2.05) is 0 Å². The number of benzene rings is 2. The number of halogens is 2. The predicted octanol–water partition coefficient (Wildman–Crippen LogP) is 4.34. The van der Waals surface area contributed by atoms with Crippen LogP contribution in [0, 0.1) is 0 Å². The van der Waals surface area contributed by atoms with E-state index >= 15 is 0 Å². The Morgan fingerprint density at radius 3 is 2.25 bits per heavy atom. The van der Waals surface area contributed by atoms with Crippen molar-refractivity contribution in [1.29, 1.82) is 0 Å². The van der Waals surface area contributed by atoms with Crippen molar-refractivity contribution < 1.29 is 13.2 Å². The van der Waals surface area contributed by atoms with Crippen LogP contribution in [0.25, 0.3) is 0 Å². The van der Waals surface area contributed by atoms with Crippen LogP contribution in [0.5, 0.6) is 0 Å². The Labute approximate surface area is 176 Å². The summed E-state index contributed by atoms with van der Waals surface area (Å²) in [7, 11) is -0.0621. The number of carbonyl (C=O) groups is 1. The molecule has 6 nitrogen and oxygen atoms in total. The molecule has 0 spiro atoms. The van der Waals surface area contributed by atoms with Crippen LogP contribution >= 0.6 is 23.2 Å². The van der Waals surface area contributed by atoms with Crippen LogP contribution < -0.4 is 10.2 Å². The van der Waals surface area contributed by atoms with Crippen LogP contribution in [0.1, 0.15) is 24.2 Å². The first kappa shape index (κ1) is 22.5. The lowest BCUT2D eigenvalue weighted by Gasteiger charge is -2.22. The lowest BCUT2D eigenvalue weighted by atomic mass is 10.2. The number of rotatable bonds is 7. The Morgan fingerprint density at radius 2 is 1.68 bits per heavy atom. The number of sulfonamides is 1. The zero-order chi connectivity index (χ0) is 21.1. The molecule has 0 fully saturated rings. The van der Waals surface area contributed by atoms with Gasteiger partial charge in [-0.1, -0.05) is 37.0 Å². The van der Waals surface area contributed by atoms with Crippen molar-refractivity contribution in [1.82, 2.24) is 4.31 Å². The first-order valence-electron chi connectivity index (χ1n) is 8.69. The quantitative estimate of drug-likeness (QED) is 0.690. The molecule has 0 atom stereocenters. The first-order chi connectivity index (χ1) is 13.1. The van der Waals surface area contributed by atoms with Crippen LogP contribution in [0.15, 0.2) is 41.3 Å². The molecule has 0 bridgehead atoms. The maximum Gasteiger partial charge on any atom is 0.257 e. The number of carbonyl (C=O) groups excluding carboxylic acids is 1. The van der Waals surface area contributed by atoms with Gasteiger partial charge < -0.3 is 10.2 Å². The van der Waals surface area contributed by atoms with Crippen LogP contribution in [-0.2, 0) is 10.0 Å². The van der Waals surface area contributed by atoms with Gasteiger partial charge in [-0.2, -0.15) is 4.31 Å². The summed E-state index contributed by atoms with van der Waals surface area (Å²) in [5.41, 5.74) is 1.22. The average molecular weight is 444 g/mol. The maximum absolute atomic E-state index is 12.8. The summed E-state index contributed by atoms with van der Waals surface area (Å²) in [5.74, 6) is -0.479. The highest BCUT2D eigenvalue weighted by Gasteiger charge is 2.24. The minimum atomic E-state index is -3.67. The third-order valence-electron chi connectivity index (χ3n) is 4.21. The summed E-state index contributed by atoms with van der Waals surface area (Å²) in [6.45, 7) is 4.26. The summed E-state index contributed by atoms with van der Waals surface area (Å²) in [6, 6.07) is 9.23. The Morgan fingerprint density at radius 1 is 1.04 bits per heavy atom. The third kappa shape index (κ3) is 4.78. The van der Waals surface area contributed by atoms with Gasteiger partial charge in [0.2, 0.25) is 10.0 Å². The molecule has 0 radical (unpaired) electrons. The van der Waals surface area contributed by atoms with Gasteiger partial charge in [0.25, 0.3) is 5.91 Å². The second-order valence-electron chi connectivity index (χ2n) is 6.24.